The van der Waals surface area contributed by atoms with Crippen LogP contribution in [0.25, 0.3) is 0 Å². The molecule has 0 saturated heterocycles. The van der Waals surface area contributed by atoms with Crippen LogP contribution in [0.4, 0.5) is 0 Å². The fraction of sp³-hybridized carbons (Fsp3) is 0.875. The van der Waals surface area contributed by atoms with Crippen LogP contribution in [0.1, 0.15) is 33.1 Å². The quantitative estimate of drug-likeness (QED) is 0.517. The van der Waals surface area contributed by atoms with E-state index < -0.39 is 0 Å². The normalized spacial score (nSPS) is 31.1. The van der Waals surface area contributed by atoms with Crippen molar-refractivity contribution in [2.24, 2.45) is 11.3 Å². The largest absolute Gasteiger partial charge is 0.303 e. The van der Waals surface area contributed by atoms with Gasteiger partial charge in [-0.25, -0.2) is 0 Å². The van der Waals surface area contributed by atoms with Crippen molar-refractivity contribution >= 4 is 6.29 Å². The number of aldehydes is 1. The molecule has 0 aliphatic heterocycles. The average molecular weight is 126 g/mol. The third-order valence-electron chi connectivity index (χ3n) is 2.62. The van der Waals surface area contributed by atoms with Gasteiger partial charge in [0, 0.05) is 6.42 Å². The molecule has 1 nitrogen and oxygen atoms in total. The van der Waals surface area contributed by atoms with Crippen LogP contribution in [0.2, 0.25) is 0 Å². The van der Waals surface area contributed by atoms with E-state index in [1.54, 1.807) is 0 Å². The molecule has 1 rings (SSSR count). The summed E-state index contributed by atoms with van der Waals surface area (Å²) in [5, 5.41) is 0. The minimum atomic E-state index is 0.459. The van der Waals surface area contributed by atoms with Crippen LogP contribution in [-0.2, 0) is 4.79 Å². The molecule has 0 bridgehead atoms. The van der Waals surface area contributed by atoms with Crippen molar-refractivity contribution in [3.8, 4) is 0 Å². The fourth-order valence-corrected chi connectivity index (χ4v) is 1.48. The van der Waals surface area contributed by atoms with Gasteiger partial charge in [0.2, 0.25) is 0 Å². The average Bonchev–Trinajstić information content (AvgIpc) is 1.81. The van der Waals surface area contributed by atoms with Crippen LogP contribution in [0.15, 0.2) is 0 Å². The van der Waals surface area contributed by atoms with Crippen molar-refractivity contribution in [1.82, 2.24) is 0 Å². The first-order chi connectivity index (χ1) is 4.17. The molecule has 0 spiro atoms. The number of rotatable bonds is 2. The van der Waals surface area contributed by atoms with E-state index in [0.29, 0.717) is 11.3 Å². The second-order valence-electron chi connectivity index (χ2n) is 3.63. The molecular weight excluding hydrogens is 112 g/mol. The van der Waals surface area contributed by atoms with E-state index in [0.717, 1.165) is 12.7 Å². The molecule has 0 N–H and O–H groups in total. The maximum Gasteiger partial charge on any atom is 0.120 e. The lowest BCUT2D eigenvalue weighted by Crippen LogP contribution is -2.34. The van der Waals surface area contributed by atoms with Gasteiger partial charge in [-0.1, -0.05) is 13.8 Å². The summed E-state index contributed by atoms with van der Waals surface area (Å²) in [6, 6.07) is 0. The van der Waals surface area contributed by atoms with Crippen molar-refractivity contribution in [2.45, 2.75) is 33.1 Å². The Bertz CT molecular complexity index is 116. The summed E-state index contributed by atoms with van der Waals surface area (Å²) in [6.07, 6.45) is 4.37. The standard InChI is InChI=1S/C8H14O/c1-8(2)5-3-7(8)4-6-9/h6-7H,3-5H2,1-2H3. The summed E-state index contributed by atoms with van der Waals surface area (Å²) in [4.78, 5) is 10.1. The Labute approximate surface area is 56.4 Å². The predicted molar refractivity (Wildman–Crippen MR) is 37.2 cm³/mol. The van der Waals surface area contributed by atoms with Crippen LogP contribution in [-0.4, -0.2) is 6.29 Å². The van der Waals surface area contributed by atoms with Crippen LogP contribution in [0.5, 0.6) is 0 Å². The molecule has 0 heterocycles. The number of hydrogen-bond donors (Lipinski definition) is 0. The van der Waals surface area contributed by atoms with Gasteiger partial charge >= 0.3 is 0 Å². The van der Waals surface area contributed by atoms with Crippen LogP contribution < -0.4 is 0 Å². The zero-order chi connectivity index (χ0) is 6.91. The lowest BCUT2D eigenvalue weighted by Gasteiger charge is -2.43. The number of carbonyl (C=O) groups excluding carboxylic acids is 1. The molecule has 1 fully saturated rings. The van der Waals surface area contributed by atoms with E-state index >= 15 is 0 Å². The molecule has 1 aliphatic carbocycles. The van der Waals surface area contributed by atoms with Gasteiger partial charge in [-0.15, -0.1) is 0 Å². The minimum absolute atomic E-state index is 0.459. The zero-order valence-electron chi connectivity index (χ0n) is 6.18. The molecule has 0 aromatic rings. The fourth-order valence-electron chi connectivity index (χ4n) is 1.48. The third-order valence-corrected chi connectivity index (χ3v) is 2.62. The highest BCUT2D eigenvalue weighted by Gasteiger charge is 2.37. The van der Waals surface area contributed by atoms with E-state index in [2.05, 4.69) is 13.8 Å². The summed E-state index contributed by atoms with van der Waals surface area (Å²) in [5.74, 6) is 0.676. The summed E-state index contributed by atoms with van der Waals surface area (Å²) in [7, 11) is 0. The summed E-state index contributed by atoms with van der Waals surface area (Å²) < 4.78 is 0. The Kier molecular flexibility index (Phi) is 1.60. The Morgan fingerprint density at radius 2 is 2.33 bits per heavy atom. The SMILES string of the molecule is CC1(C)CCC1CC=O. The molecule has 0 radical (unpaired) electrons. The van der Waals surface area contributed by atoms with Gasteiger partial charge in [0.15, 0.2) is 0 Å². The lowest BCUT2D eigenvalue weighted by molar-refractivity contribution is -0.111. The first-order valence-electron chi connectivity index (χ1n) is 3.60. The Morgan fingerprint density at radius 3 is 2.44 bits per heavy atom. The highest BCUT2D eigenvalue weighted by atomic mass is 16.1. The van der Waals surface area contributed by atoms with E-state index in [4.69, 9.17) is 0 Å². The topological polar surface area (TPSA) is 17.1 Å². The van der Waals surface area contributed by atoms with Gasteiger partial charge in [-0.2, -0.15) is 0 Å². The second-order valence-corrected chi connectivity index (χ2v) is 3.63. The third kappa shape index (κ3) is 1.15. The summed E-state index contributed by atoms with van der Waals surface area (Å²) in [6.45, 7) is 4.48. The van der Waals surface area contributed by atoms with Crippen molar-refractivity contribution in [2.75, 3.05) is 0 Å². The highest BCUT2D eigenvalue weighted by Crippen LogP contribution is 2.47. The maximum absolute atomic E-state index is 10.1. The molecule has 1 atom stereocenters. The summed E-state index contributed by atoms with van der Waals surface area (Å²) >= 11 is 0. The molecule has 1 saturated carbocycles. The van der Waals surface area contributed by atoms with Gasteiger partial charge in [0.1, 0.15) is 6.29 Å². The molecular formula is C8H14O. The van der Waals surface area contributed by atoms with Crippen molar-refractivity contribution in [1.29, 1.82) is 0 Å². The summed E-state index contributed by atoms with van der Waals surface area (Å²) in [5.41, 5.74) is 0.459. The van der Waals surface area contributed by atoms with Crippen molar-refractivity contribution in [3.63, 3.8) is 0 Å². The van der Waals surface area contributed by atoms with E-state index in [-0.39, 0.29) is 0 Å². The molecule has 1 aliphatic rings. The van der Waals surface area contributed by atoms with E-state index in [1.807, 2.05) is 0 Å². The van der Waals surface area contributed by atoms with Crippen LogP contribution >= 0.6 is 0 Å². The molecule has 0 aromatic heterocycles. The Hall–Kier alpha value is -0.330. The Morgan fingerprint density at radius 1 is 1.67 bits per heavy atom. The minimum Gasteiger partial charge on any atom is -0.303 e. The monoisotopic (exact) mass is 126 g/mol. The van der Waals surface area contributed by atoms with Crippen molar-refractivity contribution in [3.05, 3.63) is 0 Å². The van der Waals surface area contributed by atoms with Crippen LogP contribution in [0, 0.1) is 11.3 Å². The molecule has 0 amide bonds. The maximum atomic E-state index is 10.1. The Balaban J connectivity index is 2.36. The predicted octanol–water partition coefficient (Wildman–Crippen LogP) is 2.01. The van der Waals surface area contributed by atoms with E-state index in [9.17, 15) is 4.79 Å². The van der Waals surface area contributed by atoms with Gasteiger partial charge < -0.3 is 4.79 Å². The molecule has 1 unspecified atom stereocenters. The van der Waals surface area contributed by atoms with Gasteiger partial charge in [0.25, 0.3) is 0 Å². The number of hydrogen-bond acceptors (Lipinski definition) is 1. The van der Waals surface area contributed by atoms with Crippen LogP contribution in [0.3, 0.4) is 0 Å². The molecule has 1 heteroatoms. The van der Waals surface area contributed by atoms with Gasteiger partial charge in [-0.05, 0) is 24.2 Å². The van der Waals surface area contributed by atoms with Crippen molar-refractivity contribution < 1.29 is 4.79 Å². The lowest BCUT2D eigenvalue weighted by atomic mass is 9.61. The highest BCUT2D eigenvalue weighted by molar-refractivity contribution is 5.50. The van der Waals surface area contributed by atoms with Gasteiger partial charge in [-0.3, -0.25) is 0 Å². The van der Waals surface area contributed by atoms with E-state index in [1.165, 1.54) is 12.8 Å². The smallest absolute Gasteiger partial charge is 0.120 e. The van der Waals surface area contributed by atoms with Gasteiger partial charge in [0.05, 0.1) is 0 Å². The number of carbonyl (C=O) groups is 1. The molecule has 9 heavy (non-hydrogen) atoms. The first kappa shape index (κ1) is 6.79. The first-order valence-corrected chi connectivity index (χ1v) is 3.60. The molecule has 52 valence electrons. The molecule has 0 aromatic carbocycles. The zero-order valence-corrected chi connectivity index (χ0v) is 6.18. The second kappa shape index (κ2) is 2.13.